The fourth-order valence-corrected chi connectivity index (χ4v) is 0.281. The summed E-state index contributed by atoms with van der Waals surface area (Å²) < 4.78 is 0. The summed E-state index contributed by atoms with van der Waals surface area (Å²) in [5.41, 5.74) is 0. The third kappa shape index (κ3) is 16.6. The highest BCUT2D eigenvalue weighted by atomic mass is 16.4. The van der Waals surface area contributed by atoms with E-state index in [4.69, 9.17) is 24.9 Å². The third-order valence-electron chi connectivity index (χ3n) is 0.748. The number of nitrogens with one attached hydrogen (secondary N) is 1. The van der Waals surface area contributed by atoms with Gasteiger partial charge in [-0.25, -0.2) is 9.59 Å². The Morgan fingerprint density at radius 2 is 1.57 bits per heavy atom. The Hall–Kier alpha value is -1.89. The van der Waals surface area contributed by atoms with Gasteiger partial charge in [0.2, 0.25) is 0 Å². The fraction of sp³-hybridized carbons (Fsp3) is 0.286. The van der Waals surface area contributed by atoms with Gasteiger partial charge in [-0.3, -0.25) is 4.79 Å². The Morgan fingerprint density at radius 3 is 1.79 bits per heavy atom. The number of aliphatic carboxylic acids is 3. The molecule has 0 saturated heterocycles. The van der Waals surface area contributed by atoms with Crippen molar-refractivity contribution in [2.75, 3.05) is 13.1 Å². The van der Waals surface area contributed by atoms with Crippen molar-refractivity contribution in [3.05, 3.63) is 12.7 Å². The van der Waals surface area contributed by atoms with E-state index in [0.29, 0.717) is 6.54 Å². The molecule has 0 aromatic heterocycles. The molecule has 14 heavy (non-hydrogen) atoms. The first-order valence-corrected chi connectivity index (χ1v) is 3.41. The van der Waals surface area contributed by atoms with Crippen molar-refractivity contribution >= 4 is 17.9 Å². The van der Waals surface area contributed by atoms with E-state index >= 15 is 0 Å². The third-order valence-corrected chi connectivity index (χ3v) is 0.748. The second-order valence-corrected chi connectivity index (χ2v) is 1.92. The van der Waals surface area contributed by atoms with Crippen LogP contribution in [0.15, 0.2) is 12.7 Å². The van der Waals surface area contributed by atoms with E-state index in [0.717, 1.165) is 0 Å². The zero-order chi connectivity index (χ0) is 11.6. The first-order valence-electron chi connectivity index (χ1n) is 3.41. The van der Waals surface area contributed by atoms with Crippen molar-refractivity contribution in [1.29, 1.82) is 0 Å². The van der Waals surface area contributed by atoms with Crippen LogP contribution in [0.2, 0.25) is 0 Å². The molecule has 0 aromatic carbocycles. The predicted octanol–water partition coefficient (Wildman–Crippen LogP) is -0.998. The van der Waals surface area contributed by atoms with Gasteiger partial charge in [-0.2, -0.15) is 0 Å². The molecule has 0 atom stereocenters. The summed E-state index contributed by atoms with van der Waals surface area (Å²) in [5, 5.41) is 25.4. The minimum absolute atomic E-state index is 0.00597. The lowest BCUT2D eigenvalue weighted by molar-refractivity contribution is -0.159. The average Bonchev–Trinajstić information content (AvgIpc) is 2.05. The summed E-state index contributed by atoms with van der Waals surface area (Å²) in [5.74, 6) is -4.49. The molecule has 80 valence electrons. The summed E-state index contributed by atoms with van der Waals surface area (Å²) in [6.45, 7) is 3.96. The molecule has 0 fully saturated rings. The molecule has 0 heterocycles. The molecule has 0 aromatic rings. The summed E-state index contributed by atoms with van der Waals surface area (Å²) in [7, 11) is 0. The van der Waals surface area contributed by atoms with Gasteiger partial charge in [0.05, 0.1) is 6.54 Å². The van der Waals surface area contributed by atoms with E-state index in [-0.39, 0.29) is 6.54 Å². The highest BCUT2D eigenvalue weighted by Gasteiger charge is 2.04. The Labute approximate surface area is 79.7 Å². The van der Waals surface area contributed by atoms with Crippen molar-refractivity contribution in [2.45, 2.75) is 0 Å². The number of carboxylic acid groups (broad SMARTS) is 3. The van der Waals surface area contributed by atoms with Gasteiger partial charge in [0.1, 0.15) is 0 Å². The Kier molecular flexibility index (Phi) is 9.61. The fourth-order valence-electron chi connectivity index (χ4n) is 0.281. The van der Waals surface area contributed by atoms with Gasteiger partial charge in [-0.15, -0.1) is 6.58 Å². The first kappa shape index (κ1) is 14.6. The number of rotatable bonds is 4. The summed E-state index contributed by atoms with van der Waals surface area (Å²) in [4.78, 5) is 28.0. The van der Waals surface area contributed by atoms with Crippen LogP contribution in [0.4, 0.5) is 0 Å². The number of carboxylic acids is 3. The van der Waals surface area contributed by atoms with Crippen LogP contribution >= 0.6 is 0 Å². The van der Waals surface area contributed by atoms with E-state index in [1.54, 1.807) is 6.08 Å². The lowest BCUT2D eigenvalue weighted by Crippen LogP contribution is -2.21. The van der Waals surface area contributed by atoms with Crippen molar-refractivity contribution in [3.8, 4) is 0 Å². The number of carbonyl (C=O) groups is 3. The van der Waals surface area contributed by atoms with Gasteiger partial charge in [0.25, 0.3) is 0 Å². The summed E-state index contributed by atoms with van der Waals surface area (Å²) in [6, 6.07) is 0. The quantitative estimate of drug-likeness (QED) is 0.263. The van der Waals surface area contributed by atoms with Crippen LogP contribution in [-0.2, 0) is 14.4 Å². The van der Waals surface area contributed by atoms with E-state index in [1.807, 2.05) is 0 Å². The van der Waals surface area contributed by atoms with Gasteiger partial charge in [-0.05, 0) is 0 Å². The Morgan fingerprint density at radius 1 is 1.14 bits per heavy atom. The van der Waals surface area contributed by atoms with Gasteiger partial charge >= 0.3 is 17.9 Å². The maximum atomic E-state index is 9.78. The zero-order valence-corrected chi connectivity index (χ0v) is 7.27. The normalized spacial score (nSPS) is 8.00. The van der Waals surface area contributed by atoms with Crippen LogP contribution in [0.25, 0.3) is 0 Å². The largest absolute Gasteiger partial charge is 0.480 e. The van der Waals surface area contributed by atoms with Crippen molar-refractivity contribution in [1.82, 2.24) is 5.32 Å². The van der Waals surface area contributed by atoms with Crippen molar-refractivity contribution in [3.63, 3.8) is 0 Å². The van der Waals surface area contributed by atoms with Crippen LogP contribution in [0.5, 0.6) is 0 Å². The molecule has 7 heteroatoms. The molecule has 4 N–H and O–H groups in total. The average molecular weight is 205 g/mol. The summed E-state index contributed by atoms with van der Waals surface area (Å²) >= 11 is 0. The first-order chi connectivity index (χ1) is 6.41. The lowest BCUT2D eigenvalue weighted by atomic mass is 10.6. The molecule has 0 unspecified atom stereocenters. The van der Waals surface area contributed by atoms with E-state index < -0.39 is 17.9 Å². The lowest BCUT2D eigenvalue weighted by Gasteiger charge is -1.91. The minimum atomic E-state index is -1.82. The van der Waals surface area contributed by atoms with Crippen LogP contribution < -0.4 is 5.32 Å². The highest BCUT2D eigenvalue weighted by Crippen LogP contribution is 1.60. The molecular formula is C7H11NO6. The minimum Gasteiger partial charge on any atom is -0.480 e. The maximum Gasteiger partial charge on any atom is 0.414 e. The van der Waals surface area contributed by atoms with Crippen LogP contribution in [-0.4, -0.2) is 46.3 Å². The van der Waals surface area contributed by atoms with E-state index in [9.17, 15) is 4.79 Å². The molecule has 7 nitrogen and oxygen atoms in total. The van der Waals surface area contributed by atoms with Gasteiger partial charge < -0.3 is 20.6 Å². The maximum absolute atomic E-state index is 9.78. The molecule has 0 spiro atoms. The van der Waals surface area contributed by atoms with E-state index in [2.05, 4.69) is 11.9 Å². The molecule has 0 saturated carbocycles. The van der Waals surface area contributed by atoms with Crippen molar-refractivity contribution < 1.29 is 29.7 Å². The smallest absolute Gasteiger partial charge is 0.414 e. The predicted molar refractivity (Wildman–Crippen MR) is 46.0 cm³/mol. The molecule has 0 aliphatic heterocycles. The SMILES string of the molecule is C=CCNCC(=O)O.O=C(O)C(=O)O. The molecule has 0 amide bonds. The second-order valence-electron chi connectivity index (χ2n) is 1.92. The summed E-state index contributed by atoms with van der Waals surface area (Å²) in [6.07, 6.45) is 1.61. The topological polar surface area (TPSA) is 124 Å². The van der Waals surface area contributed by atoms with Gasteiger partial charge in [0, 0.05) is 6.54 Å². The number of hydrogen-bond acceptors (Lipinski definition) is 4. The van der Waals surface area contributed by atoms with Crippen molar-refractivity contribution in [2.24, 2.45) is 0 Å². The molecule has 0 radical (unpaired) electrons. The zero-order valence-electron chi connectivity index (χ0n) is 7.27. The standard InChI is InChI=1S/C5H9NO2.C2H2O4/c1-2-3-6-4-5(7)8;3-1(4)2(5)6/h2,6H,1,3-4H2,(H,7,8);(H,3,4)(H,5,6). The highest BCUT2D eigenvalue weighted by molar-refractivity contribution is 6.27. The Balaban J connectivity index is 0. The van der Waals surface area contributed by atoms with Gasteiger partial charge in [0.15, 0.2) is 0 Å². The van der Waals surface area contributed by atoms with Crippen LogP contribution in [0.1, 0.15) is 0 Å². The molecule has 0 aliphatic carbocycles. The van der Waals surface area contributed by atoms with Crippen LogP contribution in [0, 0.1) is 0 Å². The molecule has 0 aliphatic rings. The molecule has 0 bridgehead atoms. The van der Waals surface area contributed by atoms with E-state index in [1.165, 1.54) is 0 Å². The van der Waals surface area contributed by atoms with Gasteiger partial charge in [-0.1, -0.05) is 6.08 Å². The van der Waals surface area contributed by atoms with Crippen LogP contribution in [0.3, 0.4) is 0 Å². The Bertz CT molecular complexity index is 212. The monoisotopic (exact) mass is 205 g/mol. The molecule has 0 rings (SSSR count). The number of hydrogen-bond donors (Lipinski definition) is 4. The molecular weight excluding hydrogens is 194 g/mol. The second kappa shape index (κ2) is 9.20.